The van der Waals surface area contributed by atoms with E-state index in [0.29, 0.717) is 11.1 Å². The predicted octanol–water partition coefficient (Wildman–Crippen LogP) is 5.02. The molecule has 3 aromatic carbocycles. The van der Waals surface area contributed by atoms with Crippen molar-refractivity contribution in [2.75, 3.05) is 0 Å². The van der Waals surface area contributed by atoms with Crippen LogP contribution in [0.3, 0.4) is 0 Å². The van der Waals surface area contributed by atoms with E-state index in [1.165, 1.54) is 0 Å². The van der Waals surface area contributed by atoms with Gasteiger partial charge >= 0.3 is 0 Å². The molecule has 86 valence electrons. The summed E-state index contributed by atoms with van der Waals surface area (Å²) in [4.78, 5) is 0. The summed E-state index contributed by atoms with van der Waals surface area (Å²) >= 11 is 0. The quantitative estimate of drug-likeness (QED) is 0.584. The Bertz CT molecular complexity index is 741. The van der Waals surface area contributed by atoms with E-state index in [1.54, 1.807) is 0 Å². The van der Waals surface area contributed by atoms with Gasteiger partial charge in [-0.25, -0.2) is 0 Å². The lowest BCUT2D eigenvalue weighted by Gasteiger charge is -2.09. The first-order valence-electron chi connectivity index (χ1n) is 7.82. The molecule has 3 aromatic rings. The molecule has 0 amide bonds. The van der Waals surface area contributed by atoms with Crippen LogP contribution in [-0.4, -0.2) is 0 Å². The summed E-state index contributed by atoms with van der Waals surface area (Å²) in [5.41, 5.74) is 2.65. The van der Waals surface area contributed by atoms with E-state index < -0.39 is 0 Å². The second-order valence-corrected chi connectivity index (χ2v) is 3.98. The lowest BCUT2D eigenvalue weighted by atomic mass is 9.95. The number of hydrogen-bond donors (Lipinski definition) is 0. The SMILES string of the molecule is [2H]c1c([2H])c([2H])c(-c2ccccc2)c(-c2ccccc2)c1[2H]. The highest BCUT2D eigenvalue weighted by atomic mass is 14.1. The maximum absolute atomic E-state index is 8.27. The fraction of sp³-hybridized carbons (Fsp3) is 0. The molecule has 0 aliphatic rings. The maximum Gasteiger partial charge on any atom is 0.0629 e. The van der Waals surface area contributed by atoms with Gasteiger partial charge in [0.15, 0.2) is 0 Å². The number of rotatable bonds is 2. The van der Waals surface area contributed by atoms with Gasteiger partial charge in [0.2, 0.25) is 0 Å². The summed E-state index contributed by atoms with van der Waals surface area (Å²) in [6.45, 7) is 0. The van der Waals surface area contributed by atoms with E-state index in [4.69, 9.17) is 5.48 Å². The van der Waals surface area contributed by atoms with E-state index in [0.717, 1.165) is 11.1 Å². The molecule has 0 N–H and O–H groups in total. The lowest BCUT2D eigenvalue weighted by molar-refractivity contribution is 1.58. The van der Waals surface area contributed by atoms with E-state index in [2.05, 4.69) is 0 Å². The molecule has 0 heterocycles. The van der Waals surface area contributed by atoms with Crippen molar-refractivity contribution in [2.24, 2.45) is 0 Å². The van der Waals surface area contributed by atoms with Crippen molar-refractivity contribution in [2.45, 2.75) is 0 Å². The van der Waals surface area contributed by atoms with Crippen molar-refractivity contribution in [1.82, 2.24) is 0 Å². The molecule has 3 rings (SSSR count). The van der Waals surface area contributed by atoms with E-state index in [-0.39, 0.29) is 24.2 Å². The van der Waals surface area contributed by atoms with Gasteiger partial charge in [-0.15, -0.1) is 0 Å². The summed E-state index contributed by atoms with van der Waals surface area (Å²) in [5, 5.41) is 0. The molecule has 0 saturated carbocycles. The molecular formula is C18H14. The molecule has 0 aliphatic heterocycles. The Morgan fingerprint density at radius 2 is 0.944 bits per heavy atom. The van der Waals surface area contributed by atoms with Crippen LogP contribution in [0.1, 0.15) is 5.48 Å². The Hall–Kier alpha value is -2.34. The molecule has 18 heavy (non-hydrogen) atoms. The minimum absolute atomic E-state index is 0.00828. The first-order chi connectivity index (χ1) is 10.6. The zero-order valence-electron chi connectivity index (χ0n) is 13.8. The van der Waals surface area contributed by atoms with Crippen molar-refractivity contribution in [3.05, 3.63) is 84.8 Å². The van der Waals surface area contributed by atoms with Gasteiger partial charge in [-0.1, -0.05) is 84.8 Å². The molecule has 0 bridgehead atoms. The van der Waals surface area contributed by atoms with Crippen LogP contribution in [-0.2, 0) is 0 Å². The van der Waals surface area contributed by atoms with Crippen LogP contribution >= 0.6 is 0 Å². The Balaban J connectivity index is 2.42. The average molecular weight is 234 g/mol. The standard InChI is InChI=1S/C18H14/c1-3-9-15(10-4-1)17-13-7-8-14-18(17)16-11-5-2-6-12-16/h1-14H/i7D,8D,13D,14D. The summed E-state index contributed by atoms with van der Waals surface area (Å²) in [6.07, 6.45) is 0. The second kappa shape index (κ2) is 4.89. The molecule has 0 aromatic heterocycles. The number of benzene rings is 3. The Kier molecular flexibility index (Phi) is 1.95. The fourth-order valence-electron chi connectivity index (χ4n) is 1.96. The van der Waals surface area contributed by atoms with Crippen LogP contribution in [0.4, 0.5) is 0 Å². The Morgan fingerprint density at radius 3 is 1.33 bits per heavy atom. The van der Waals surface area contributed by atoms with Crippen LogP contribution < -0.4 is 0 Å². The molecule has 0 spiro atoms. The van der Waals surface area contributed by atoms with Gasteiger partial charge in [-0.3, -0.25) is 0 Å². The molecule has 0 atom stereocenters. The third-order valence-electron chi connectivity index (χ3n) is 2.81. The predicted molar refractivity (Wildman–Crippen MR) is 77.3 cm³/mol. The molecule has 0 nitrogen and oxygen atoms in total. The smallest absolute Gasteiger partial charge is 0.0622 e. The van der Waals surface area contributed by atoms with E-state index >= 15 is 0 Å². The van der Waals surface area contributed by atoms with Crippen LogP contribution in [0.25, 0.3) is 22.3 Å². The van der Waals surface area contributed by atoms with Gasteiger partial charge in [-0.2, -0.15) is 0 Å². The third-order valence-corrected chi connectivity index (χ3v) is 2.81. The zero-order chi connectivity index (χ0) is 15.7. The van der Waals surface area contributed by atoms with Crippen LogP contribution in [0, 0.1) is 0 Å². The minimum atomic E-state index is -0.205. The van der Waals surface area contributed by atoms with Crippen LogP contribution in [0.2, 0.25) is 0 Å². The normalized spacial score (nSPS) is 13.3. The first kappa shape index (κ1) is 7.17. The first-order valence-corrected chi connectivity index (χ1v) is 5.82. The maximum atomic E-state index is 8.27. The largest absolute Gasteiger partial charge is 0.0629 e. The van der Waals surface area contributed by atoms with Crippen molar-refractivity contribution in [3.8, 4) is 22.3 Å². The third kappa shape index (κ3) is 2.05. The molecule has 0 radical (unpaired) electrons. The van der Waals surface area contributed by atoms with Gasteiger partial charge in [0.05, 0.1) is 5.48 Å². The molecule has 0 heteroatoms. The average Bonchev–Trinajstić information content (AvgIpc) is 2.57. The van der Waals surface area contributed by atoms with Crippen molar-refractivity contribution in [3.63, 3.8) is 0 Å². The molecule has 0 unspecified atom stereocenters. The molecule has 0 aliphatic carbocycles. The highest BCUT2D eigenvalue weighted by molar-refractivity contribution is 5.83. The van der Waals surface area contributed by atoms with Gasteiger partial charge < -0.3 is 0 Å². The Labute approximate surface area is 113 Å². The second-order valence-electron chi connectivity index (χ2n) is 3.98. The van der Waals surface area contributed by atoms with Crippen LogP contribution in [0.15, 0.2) is 84.8 Å². The van der Waals surface area contributed by atoms with Gasteiger partial charge in [0.25, 0.3) is 0 Å². The molecule has 0 saturated heterocycles. The van der Waals surface area contributed by atoms with Gasteiger partial charge in [0, 0.05) is 0 Å². The topological polar surface area (TPSA) is 0 Å². The van der Waals surface area contributed by atoms with Gasteiger partial charge in [-0.05, 0) is 22.3 Å². The van der Waals surface area contributed by atoms with Crippen LogP contribution in [0.5, 0.6) is 0 Å². The Morgan fingerprint density at radius 1 is 0.556 bits per heavy atom. The van der Waals surface area contributed by atoms with Crippen molar-refractivity contribution >= 4 is 0 Å². The number of hydrogen-bond acceptors (Lipinski definition) is 0. The highest BCUT2D eigenvalue weighted by Gasteiger charge is 2.05. The monoisotopic (exact) mass is 234 g/mol. The summed E-state index contributed by atoms with van der Waals surface area (Å²) in [6, 6.07) is 18.3. The highest BCUT2D eigenvalue weighted by Crippen LogP contribution is 2.31. The molecule has 0 fully saturated rings. The van der Waals surface area contributed by atoms with Crippen molar-refractivity contribution in [1.29, 1.82) is 0 Å². The minimum Gasteiger partial charge on any atom is -0.0622 e. The van der Waals surface area contributed by atoms with E-state index in [9.17, 15) is 0 Å². The summed E-state index contributed by atoms with van der Waals surface area (Å²) in [5.74, 6) is 0. The zero-order valence-corrected chi connectivity index (χ0v) is 9.77. The summed E-state index contributed by atoms with van der Waals surface area (Å²) < 4.78 is 32.4. The van der Waals surface area contributed by atoms with Crippen molar-refractivity contribution < 1.29 is 5.48 Å². The van der Waals surface area contributed by atoms with E-state index in [1.807, 2.05) is 60.7 Å². The fourth-order valence-corrected chi connectivity index (χ4v) is 1.96. The summed E-state index contributed by atoms with van der Waals surface area (Å²) in [7, 11) is 0. The lowest BCUT2D eigenvalue weighted by Crippen LogP contribution is -1.83. The van der Waals surface area contributed by atoms with Gasteiger partial charge in [0.1, 0.15) is 0 Å². The molecular weight excluding hydrogens is 216 g/mol.